The highest BCUT2D eigenvalue weighted by Gasteiger charge is 2.10. The van der Waals surface area contributed by atoms with Crippen LogP contribution in [0.1, 0.15) is 26.2 Å². The van der Waals surface area contributed by atoms with Crippen LogP contribution in [-0.4, -0.2) is 30.2 Å². The Labute approximate surface area is 73.1 Å². The van der Waals surface area contributed by atoms with E-state index in [-0.39, 0.29) is 12.5 Å². The highest BCUT2D eigenvalue weighted by atomic mass is 16.3. The van der Waals surface area contributed by atoms with Crippen LogP contribution in [0.15, 0.2) is 0 Å². The maximum Gasteiger partial charge on any atom is 0.237 e. The monoisotopic (exact) mass is 174 g/mol. The zero-order valence-corrected chi connectivity index (χ0v) is 7.55. The number of unbranched alkanes of at least 4 members (excludes halogenated alkanes) is 1. The predicted octanol–water partition coefficient (Wildman–Crippen LogP) is -0.388. The van der Waals surface area contributed by atoms with E-state index in [9.17, 15) is 4.79 Å². The molecule has 72 valence electrons. The molecule has 0 bridgehead atoms. The van der Waals surface area contributed by atoms with Crippen LogP contribution < -0.4 is 11.1 Å². The molecule has 0 aromatic rings. The van der Waals surface area contributed by atoms with Gasteiger partial charge in [-0.1, -0.05) is 13.3 Å². The van der Waals surface area contributed by atoms with E-state index >= 15 is 0 Å². The van der Waals surface area contributed by atoms with Crippen molar-refractivity contribution in [2.24, 2.45) is 5.73 Å². The summed E-state index contributed by atoms with van der Waals surface area (Å²) >= 11 is 0. The van der Waals surface area contributed by atoms with Crippen molar-refractivity contribution in [1.82, 2.24) is 5.32 Å². The van der Waals surface area contributed by atoms with Crippen molar-refractivity contribution in [2.45, 2.75) is 32.2 Å². The maximum atomic E-state index is 11.1. The molecule has 0 spiro atoms. The first kappa shape index (κ1) is 11.4. The van der Waals surface area contributed by atoms with E-state index in [1.807, 2.05) is 0 Å². The van der Waals surface area contributed by atoms with Crippen molar-refractivity contribution in [3.8, 4) is 0 Å². The van der Waals surface area contributed by atoms with Gasteiger partial charge in [-0.05, 0) is 12.8 Å². The summed E-state index contributed by atoms with van der Waals surface area (Å²) in [6.45, 7) is 2.69. The Bertz CT molecular complexity index is 128. The van der Waals surface area contributed by atoms with Gasteiger partial charge in [0.25, 0.3) is 0 Å². The normalized spacial score (nSPS) is 12.6. The summed E-state index contributed by atoms with van der Waals surface area (Å²) in [5.74, 6) is -0.169. The molecule has 0 saturated heterocycles. The molecule has 0 rings (SSSR count). The van der Waals surface area contributed by atoms with Crippen molar-refractivity contribution in [3.05, 3.63) is 0 Å². The zero-order valence-electron chi connectivity index (χ0n) is 7.55. The van der Waals surface area contributed by atoms with E-state index in [0.29, 0.717) is 13.0 Å². The van der Waals surface area contributed by atoms with Crippen molar-refractivity contribution in [3.63, 3.8) is 0 Å². The fourth-order valence-corrected chi connectivity index (χ4v) is 0.790. The van der Waals surface area contributed by atoms with Crippen molar-refractivity contribution < 1.29 is 9.90 Å². The molecule has 0 unspecified atom stereocenters. The Kier molecular flexibility index (Phi) is 6.70. The minimum Gasteiger partial charge on any atom is -0.396 e. The van der Waals surface area contributed by atoms with Crippen LogP contribution in [0.3, 0.4) is 0 Å². The van der Waals surface area contributed by atoms with Crippen LogP contribution in [0, 0.1) is 0 Å². The molecule has 4 nitrogen and oxygen atoms in total. The average molecular weight is 174 g/mol. The van der Waals surface area contributed by atoms with E-state index in [0.717, 1.165) is 12.8 Å². The molecule has 0 aliphatic heterocycles. The summed E-state index contributed by atoms with van der Waals surface area (Å²) in [4.78, 5) is 11.1. The van der Waals surface area contributed by atoms with E-state index < -0.39 is 6.04 Å². The first-order chi connectivity index (χ1) is 5.72. The fourth-order valence-electron chi connectivity index (χ4n) is 0.790. The van der Waals surface area contributed by atoms with Crippen molar-refractivity contribution >= 4 is 5.91 Å². The molecule has 0 radical (unpaired) electrons. The van der Waals surface area contributed by atoms with Crippen molar-refractivity contribution in [1.29, 1.82) is 0 Å². The smallest absolute Gasteiger partial charge is 0.237 e. The maximum absolute atomic E-state index is 11.1. The number of aliphatic hydroxyl groups excluding tert-OH is 1. The molecule has 0 aliphatic carbocycles. The molecular formula is C8H18N2O2. The SMILES string of the molecule is CCCCNC(=O)[C@@H](N)CCO. The second-order valence-corrected chi connectivity index (χ2v) is 2.76. The minimum absolute atomic E-state index is 0.0393. The lowest BCUT2D eigenvalue weighted by Gasteiger charge is -2.09. The van der Waals surface area contributed by atoms with E-state index in [2.05, 4.69) is 12.2 Å². The van der Waals surface area contributed by atoms with Crippen LogP contribution in [0.4, 0.5) is 0 Å². The number of rotatable bonds is 6. The molecule has 0 fully saturated rings. The molecular weight excluding hydrogens is 156 g/mol. The van der Waals surface area contributed by atoms with E-state index in [1.165, 1.54) is 0 Å². The summed E-state index contributed by atoms with van der Waals surface area (Å²) in [6, 6.07) is -0.563. The van der Waals surface area contributed by atoms with Gasteiger partial charge in [0.15, 0.2) is 0 Å². The lowest BCUT2D eigenvalue weighted by Crippen LogP contribution is -2.41. The number of carbonyl (C=O) groups is 1. The van der Waals surface area contributed by atoms with Gasteiger partial charge in [0.1, 0.15) is 0 Å². The molecule has 4 heteroatoms. The highest BCUT2D eigenvalue weighted by Crippen LogP contribution is 1.88. The lowest BCUT2D eigenvalue weighted by molar-refractivity contribution is -0.122. The van der Waals surface area contributed by atoms with Gasteiger partial charge in [0.2, 0.25) is 5.91 Å². The van der Waals surface area contributed by atoms with Gasteiger partial charge in [0.05, 0.1) is 6.04 Å². The summed E-state index contributed by atoms with van der Waals surface area (Å²) in [7, 11) is 0. The summed E-state index contributed by atoms with van der Waals surface area (Å²) in [6.07, 6.45) is 2.35. The second kappa shape index (κ2) is 7.06. The number of nitrogens with one attached hydrogen (secondary N) is 1. The van der Waals surface area contributed by atoms with Gasteiger partial charge < -0.3 is 16.2 Å². The van der Waals surface area contributed by atoms with Gasteiger partial charge >= 0.3 is 0 Å². The number of aliphatic hydroxyl groups is 1. The first-order valence-corrected chi connectivity index (χ1v) is 4.36. The molecule has 1 atom stereocenters. The Morgan fingerprint density at radius 3 is 2.83 bits per heavy atom. The van der Waals surface area contributed by atoms with Crippen LogP contribution in [0.25, 0.3) is 0 Å². The number of hydrogen-bond acceptors (Lipinski definition) is 3. The van der Waals surface area contributed by atoms with Gasteiger partial charge in [-0.3, -0.25) is 4.79 Å². The lowest BCUT2D eigenvalue weighted by atomic mass is 10.2. The van der Waals surface area contributed by atoms with Crippen LogP contribution in [0.5, 0.6) is 0 Å². The quantitative estimate of drug-likeness (QED) is 0.480. The number of carbonyl (C=O) groups excluding carboxylic acids is 1. The van der Waals surface area contributed by atoms with Gasteiger partial charge in [-0.2, -0.15) is 0 Å². The molecule has 0 saturated carbocycles. The molecule has 4 N–H and O–H groups in total. The number of nitrogens with two attached hydrogens (primary N) is 1. The first-order valence-electron chi connectivity index (χ1n) is 4.36. The van der Waals surface area contributed by atoms with E-state index in [1.54, 1.807) is 0 Å². The molecule has 1 amide bonds. The van der Waals surface area contributed by atoms with Gasteiger partial charge in [-0.25, -0.2) is 0 Å². The summed E-state index contributed by atoms with van der Waals surface area (Å²) < 4.78 is 0. The average Bonchev–Trinajstić information content (AvgIpc) is 2.05. The molecule has 0 aromatic heterocycles. The van der Waals surface area contributed by atoms with Gasteiger partial charge in [-0.15, -0.1) is 0 Å². The predicted molar refractivity (Wildman–Crippen MR) is 47.6 cm³/mol. The van der Waals surface area contributed by atoms with Crippen LogP contribution in [-0.2, 0) is 4.79 Å². The topological polar surface area (TPSA) is 75.4 Å². The van der Waals surface area contributed by atoms with E-state index in [4.69, 9.17) is 10.8 Å². The second-order valence-electron chi connectivity index (χ2n) is 2.76. The molecule has 0 aromatic carbocycles. The third-order valence-corrected chi connectivity index (χ3v) is 1.61. The number of amides is 1. The Balaban J connectivity index is 3.43. The van der Waals surface area contributed by atoms with Crippen LogP contribution in [0.2, 0.25) is 0 Å². The minimum atomic E-state index is -0.563. The van der Waals surface area contributed by atoms with Crippen LogP contribution >= 0.6 is 0 Å². The molecule has 0 heterocycles. The Morgan fingerprint density at radius 2 is 2.33 bits per heavy atom. The summed E-state index contributed by atoms with van der Waals surface area (Å²) in [5, 5.41) is 11.2. The standard InChI is InChI=1S/C8H18N2O2/c1-2-3-5-10-8(12)7(9)4-6-11/h7,11H,2-6,9H2,1H3,(H,10,12)/t7-/m0/s1. The third-order valence-electron chi connectivity index (χ3n) is 1.61. The largest absolute Gasteiger partial charge is 0.396 e. The highest BCUT2D eigenvalue weighted by molar-refractivity contribution is 5.81. The Morgan fingerprint density at radius 1 is 1.67 bits per heavy atom. The Hall–Kier alpha value is -0.610. The van der Waals surface area contributed by atoms with Gasteiger partial charge in [0, 0.05) is 13.2 Å². The summed E-state index contributed by atoms with van der Waals surface area (Å²) in [5.41, 5.74) is 5.44. The van der Waals surface area contributed by atoms with Crippen molar-refractivity contribution in [2.75, 3.05) is 13.2 Å². The fraction of sp³-hybridized carbons (Fsp3) is 0.875. The molecule has 0 aliphatic rings. The molecule has 12 heavy (non-hydrogen) atoms. The zero-order chi connectivity index (χ0) is 9.40. The third kappa shape index (κ3) is 5.09. The number of hydrogen-bond donors (Lipinski definition) is 3.